The number of carbonyl (C=O) groups is 1. The van der Waals surface area contributed by atoms with Gasteiger partial charge in [-0.15, -0.1) is 12.6 Å². The first-order valence-corrected chi connectivity index (χ1v) is 12.7. The van der Waals surface area contributed by atoms with Gasteiger partial charge in [0.2, 0.25) is 5.12 Å². The molecule has 32 heavy (non-hydrogen) atoms. The molecule has 0 N–H and O–H groups in total. The van der Waals surface area contributed by atoms with Crippen LogP contribution in [0.1, 0.15) is 111 Å². The van der Waals surface area contributed by atoms with Crippen LogP contribution in [0.4, 0.5) is 8.78 Å². The normalized spacial score (nSPS) is 18.8. The lowest BCUT2D eigenvalue weighted by Crippen LogP contribution is -2.13. The molecule has 2 aromatic carbocycles. The Morgan fingerprint density at radius 2 is 1.59 bits per heavy atom. The van der Waals surface area contributed by atoms with Gasteiger partial charge in [0.05, 0.1) is 0 Å². The van der Waals surface area contributed by atoms with E-state index in [9.17, 15) is 13.6 Å². The lowest BCUT2D eigenvalue weighted by molar-refractivity contribution is 0.109. The van der Waals surface area contributed by atoms with Crippen molar-refractivity contribution < 1.29 is 13.6 Å². The Labute approximate surface area is 197 Å². The molecule has 3 rings (SSSR count). The van der Waals surface area contributed by atoms with Gasteiger partial charge < -0.3 is 0 Å². The van der Waals surface area contributed by atoms with E-state index >= 15 is 0 Å². The quantitative estimate of drug-likeness (QED) is 0.262. The summed E-state index contributed by atoms with van der Waals surface area (Å²) >= 11 is 3.92. The van der Waals surface area contributed by atoms with E-state index in [4.69, 9.17) is 0 Å². The number of benzene rings is 2. The fourth-order valence-corrected chi connectivity index (χ4v) is 5.25. The summed E-state index contributed by atoms with van der Waals surface area (Å²) in [4.78, 5) is 11.9. The number of unbranched alkanes of at least 4 members (excludes halogenated alkanes) is 5. The molecule has 0 heterocycles. The number of rotatable bonds is 11. The summed E-state index contributed by atoms with van der Waals surface area (Å²) in [6, 6.07) is 12.3. The molecule has 174 valence electrons. The van der Waals surface area contributed by atoms with E-state index in [0.717, 1.165) is 11.5 Å². The molecule has 0 unspecified atom stereocenters. The highest BCUT2D eigenvalue weighted by atomic mass is 32.1. The molecule has 0 bridgehead atoms. The van der Waals surface area contributed by atoms with Gasteiger partial charge in [0.25, 0.3) is 6.43 Å². The van der Waals surface area contributed by atoms with E-state index < -0.39 is 11.5 Å². The van der Waals surface area contributed by atoms with Gasteiger partial charge in [-0.25, -0.2) is 8.78 Å². The third kappa shape index (κ3) is 6.91. The molecule has 0 spiro atoms. The van der Waals surface area contributed by atoms with Crippen molar-refractivity contribution in [3.8, 4) is 11.1 Å². The predicted molar refractivity (Wildman–Crippen MR) is 133 cm³/mol. The van der Waals surface area contributed by atoms with E-state index in [1.807, 2.05) is 12.1 Å². The van der Waals surface area contributed by atoms with Crippen molar-refractivity contribution in [3.05, 3.63) is 59.2 Å². The summed E-state index contributed by atoms with van der Waals surface area (Å²) in [7, 11) is 0. The Bertz CT molecular complexity index is 854. The number of hydrogen-bond donors (Lipinski definition) is 1. The first-order chi connectivity index (χ1) is 15.5. The van der Waals surface area contributed by atoms with Crippen molar-refractivity contribution in [3.63, 3.8) is 0 Å². The Balaban J connectivity index is 1.57. The second-order valence-corrected chi connectivity index (χ2v) is 9.71. The Hall–Kier alpha value is -1.68. The van der Waals surface area contributed by atoms with Crippen LogP contribution in [0.25, 0.3) is 11.1 Å². The topological polar surface area (TPSA) is 17.1 Å². The summed E-state index contributed by atoms with van der Waals surface area (Å²) < 4.78 is 26.4. The maximum absolute atomic E-state index is 13.2. The molecule has 1 fully saturated rings. The molecule has 0 amide bonds. The zero-order valence-electron chi connectivity index (χ0n) is 19.2. The minimum absolute atomic E-state index is 0.0777. The molecule has 1 saturated carbocycles. The second-order valence-electron chi connectivity index (χ2n) is 9.31. The van der Waals surface area contributed by atoms with Crippen LogP contribution in [0, 0.1) is 5.92 Å². The van der Waals surface area contributed by atoms with Crippen molar-refractivity contribution in [2.75, 3.05) is 0 Å². The van der Waals surface area contributed by atoms with Gasteiger partial charge in [-0.2, -0.15) is 0 Å². The zero-order valence-corrected chi connectivity index (χ0v) is 20.1. The highest BCUT2D eigenvalue weighted by Gasteiger charge is 2.22. The van der Waals surface area contributed by atoms with Gasteiger partial charge >= 0.3 is 0 Å². The molecular formula is C28H36F2OS. The summed E-state index contributed by atoms with van der Waals surface area (Å²) in [5.41, 5.74) is 2.91. The van der Waals surface area contributed by atoms with Crippen LogP contribution in [-0.2, 0) is 0 Å². The number of alkyl halides is 2. The number of thiol groups is 1. The smallest absolute Gasteiger partial charge is 0.263 e. The third-order valence-electron chi connectivity index (χ3n) is 7.03. The molecule has 1 aliphatic rings. The number of hydrogen-bond acceptors (Lipinski definition) is 1. The van der Waals surface area contributed by atoms with Crippen LogP contribution in [0.2, 0.25) is 0 Å². The second kappa shape index (κ2) is 12.5. The van der Waals surface area contributed by atoms with E-state index in [-0.39, 0.29) is 5.56 Å². The highest BCUT2D eigenvalue weighted by molar-refractivity contribution is 7.97. The van der Waals surface area contributed by atoms with E-state index in [1.54, 1.807) is 0 Å². The SMILES string of the molecule is CCCCCCCCC1CCC(c2ccc(-c3cc(C(F)F)ccc3C(=O)S)cc2)CC1. The van der Waals surface area contributed by atoms with Crippen molar-refractivity contribution in [2.24, 2.45) is 5.92 Å². The van der Waals surface area contributed by atoms with E-state index in [1.165, 1.54) is 94.4 Å². The largest absolute Gasteiger partial charge is 0.282 e. The first kappa shape index (κ1) is 25.0. The molecule has 0 atom stereocenters. The Morgan fingerprint density at radius 1 is 0.938 bits per heavy atom. The predicted octanol–water partition coefficient (Wildman–Crippen LogP) is 9.39. The van der Waals surface area contributed by atoms with Crippen molar-refractivity contribution >= 4 is 17.7 Å². The molecular weight excluding hydrogens is 422 g/mol. The minimum Gasteiger partial charge on any atom is -0.282 e. The average Bonchev–Trinajstić information content (AvgIpc) is 2.81. The number of carbonyl (C=O) groups excluding carboxylic acids is 1. The third-order valence-corrected chi connectivity index (χ3v) is 7.27. The highest BCUT2D eigenvalue weighted by Crippen LogP contribution is 2.39. The first-order valence-electron chi connectivity index (χ1n) is 12.2. The zero-order chi connectivity index (χ0) is 22.9. The molecule has 1 aliphatic carbocycles. The monoisotopic (exact) mass is 458 g/mol. The molecule has 0 radical (unpaired) electrons. The average molecular weight is 459 g/mol. The van der Waals surface area contributed by atoms with Gasteiger partial charge in [0.1, 0.15) is 0 Å². The van der Waals surface area contributed by atoms with Gasteiger partial charge in [0, 0.05) is 11.1 Å². The van der Waals surface area contributed by atoms with Crippen LogP contribution in [-0.4, -0.2) is 5.12 Å². The molecule has 0 aromatic heterocycles. The van der Waals surface area contributed by atoms with Crippen LogP contribution < -0.4 is 0 Å². The summed E-state index contributed by atoms with van der Waals surface area (Å²) in [6.07, 6.45) is 12.1. The summed E-state index contributed by atoms with van der Waals surface area (Å²) in [6.45, 7) is 2.26. The maximum atomic E-state index is 13.2. The Kier molecular flexibility index (Phi) is 9.77. The number of halogens is 2. The van der Waals surface area contributed by atoms with Crippen LogP contribution in [0.15, 0.2) is 42.5 Å². The summed E-state index contributed by atoms with van der Waals surface area (Å²) in [5, 5.41) is -0.409. The molecule has 2 aromatic rings. The Morgan fingerprint density at radius 3 is 2.22 bits per heavy atom. The fourth-order valence-electron chi connectivity index (χ4n) is 5.06. The maximum Gasteiger partial charge on any atom is 0.263 e. The molecule has 1 nitrogen and oxygen atoms in total. The summed E-state index contributed by atoms with van der Waals surface area (Å²) in [5.74, 6) is 1.45. The molecule has 0 saturated heterocycles. The van der Waals surface area contributed by atoms with Gasteiger partial charge in [-0.1, -0.05) is 82.2 Å². The lowest BCUT2D eigenvalue weighted by Gasteiger charge is -2.29. The van der Waals surface area contributed by atoms with Gasteiger partial charge in [-0.05, 0) is 66.3 Å². The fraction of sp³-hybridized carbons (Fsp3) is 0.536. The van der Waals surface area contributed by atoms with Crippen LogP contribution in [0.3, 0.4) is 0 Å². The minimum atomic E-state index is -2.57. The van der Waals surface area contributed by atoms with E-state index in [0.29, 0.717) is 17.0 Å². The van der Waals surface area contributed by atoms with Crippen molar-refractivity contribution in [1.29, 1.82) is 0 Å². The molecule has 0 aliphatic heterocycles. The van der Waals surface area contributed by atoms with Gasteiger partial charge in [0.15, 0.2) is 0 Å². The lowest BCUT2D eigenvalue weighted by atomic mass is 9.77. The standard InChI is InChI=1S/C28H36F2OS/c1-2-3-4-5-6-7-8-20-9-11-21(12-10-20)22-13-15-23(16-14-22)26-19-24(27(29)30)17-18-25(26)28(31)32/h13-21,27H,2-12H2,1H3,(H,31,32). The van der Waals surface area contributed by atoms with Crippen LogP contribution in [0.5, 0.6) is 0 Å². The van der Waals surface area contributed by atoms with Crippen molar-refractivity contribution in [1.82, 2.24) is 0 Å². The molecule has 4 heteroatoms. The van der Waals surface area contributed by atoms with Crippen LogP contribution >= 0.6 is 12.6 Å². The van der Waals surface area contributed by atoms with E-state index in [2.05, 4.69) is 31.7 Å². The van der Waals surface area contributed by atoms with Gasteiger partial charge in [-0.3, -0.25) is 4.79 Å². The van der Waals surface area contributed by atoms with Crippen molar-refractivity contribution in [2.45, 2.75) is 89.9 Å².